The van der Waals surface area contributed by atoms with Crippen molar-refractivity contribution in [2.75, 3.05) is 33.2 Å². The molecule has 1 aliphatic heterocycles. The fourth-order valence-electron chi connectivity index (χ4n) is 1.89. The second kappa shape index (κ2) is 6.17. The topological polar surface area (TPSA) is 15.3 Å². The van der Waals surface area contributed by atoms with Crippen molar-refractivity contribution in [2.45, 2.75) is 19.3 Å². The lowest BCUT2D eigenvalue weighted by atomic mass is 9.94. The standard InChI is InChI=1S/C11H22N2/c1-3-9-13(2)10-6-11-4-7-12-8-5-11/h3,11-12H,1,4-10H2,2H3. The summed E-state index contributed by atoms with van der Waals surface area (Å²) in [5.74, 6) is 0.952. The van der Waals surface area contributed by atoms with E-state index in [0.717, 1.165) is 12.5 Å². The van der Waals surface area contributed by atoms with Crippen LogP contribution in [0.25, 0.3) is 0 Å². The molecule has 1 heterocycles. The molecule has 0 bridgehead atoms. The molecule has 2 heteroatoms. The van der Waals surface area contributed by atoms with E-state index in [1.807, 2.05) is 6.08 Å². The van der Waals surface area contributed by atoms with Crippen LogP contribution in [-0.4, -0.2) is 38.1 Å². The summed E-state index contributed by atoms with van der Waals surface area (Å²) in [4.78, 5) is 2.34. The Morgan fingerprint density at radius 1 is 1.46 bits per heavy atom. The van der Waals surface area contributed by atoms with Gasteiger partial charge in [-0.15, -0.1) is 6.58 Å². The number of hydrogen-bond donors (Lipinski definition) is 1. The molecule has 0 amide bonds. The highest BCUT2D eigenvalue weighted by atomic mass is 15.1. The van der Waals surface area contributed by atoms with Crippen LogP contribution in [0, 0.1) is 5.92 Å². The molecule has 0 radical (unpaired) electrons. The van der Waals surface area contributed by atoms with E-state index in [4.69, 9.17) is 0 Å². The highest BCUT2D eigenvalue weighted by molar-refractivity contribution is 4.73. The molecule has 0 unspecified atom stereocenters. The van der Waals surface area contributed by atoms with Gasteiger partial charge in [0.2, 0.25) is 0 Å². The normalized spacial score (nSPS) is 19.2. The van der Waals surface area contributed by atoms with E-state index in [0.29, 0.717) is 0 Å². The van der Waals surface area contributed by atoms with E-state index >= 15 is 0 Å². The highest BCUT2D eigenvalue weighted by Gasteiger charge is 2.12. The Labute approximate surface area is 82.0 Å². The summed E-state index contributed by atoms with van der Waals surface area (Å²) in [6.45, 7) is 8.42. The lowest BCUT2D eigenvalue weighted by Gasteiger charge is -2.24. The molecule has 0 aromatic rings. The van der Waals surface area contributed by atoms with Gasteiger partial charge in [-0.1, -0.05) is 6.08 Å². The fourth-order valence-corrected chi connectivity index (χ4v) is 1.89. The Kier molecular flexibility index (Phi) is 5.09. The summed E-state index contributed by atoms with van der Waals surface area (Å²) in [6.07, 6.45) is 6.05. The molecule has 0 saturated carbocycles. The summed E-state index contributed by atoms with van der Waals surface area (Å²) < 4.78 is 0. The predicted octanol–water partition coefficient (Wildman–Crippen LogP) is 1.49. The monoisotopic (exact) mass is 182 g/mol. The summed E-state index contributed by atoms with van der Waals surface area (Å²) >= 11 is 0. The maximum Gasteiger partial charge on any atom is 0.0157 e. The van der Waals surface area contributed by atoms with Gasteiger partial charge in [0.1, 0.15) is 0 Å². The summed E-state index contributed by atoms with van der Waals surface area (Å²) in [5.41, 5.74) is 0. The van der Waals surface area contributed by atoms with Crippen molar-refractivity contribution in [1.82, 2.24) is 10.2 Å². The zero-order valence-corrected chi connectivity index (χ0v) is 8.76. The van der Waals surface area contributed by atoms with Gasteiger partial charge in [-0.2, -0.15) is 0 Å². The van der Waals surface area contributed by atoms with E-state index in [1.54, 1.807) is 0 Å². The van der Waals surface area contributed by atoms with E-state index in [2.05, 4.69) is 23.8 Å². The molecular formula is C11H22N2. The zero-order valence-electron chi connectivity index (χ0n) is 8.76. The lowest BCUT2D eigenvalue weighted by Crippen LogP contribution is -2.30. The third-order valence-corrected chi connectivity index (χ3v) is 2.82. The minimum absolute atomic E-state index is 0.952. The quantitative estimate of drug-likeness (QED) is 0.648. The Balaban J connectivity index is 2.06. The largest absolute Gasteiger partial charge is 0.317 e. The van der Waals surface area contributed by atoms with Gasteiger partial charge in [-0.05, 0) is 51.9 Å². The highest BCUT2D eigenvalue weighted by Crippen LogP contribution is 2.15. The van der Waals surface area contributed by atoms with Gasteiger partial charge in [0, 0.05) is 6.54 Å². The van der Waals surface area contributed by atoms with Crippen molar-refractivity contribution in [3.05, 3.63) is 12.7 Å². The first kappa shape index (κ1) is 10.7. The molecule has 1 fully saturated rings. The average molecular weight is 182 g/mol. The maximum atomic E-state index is 3.74. The molecule has 1 N–H and O–H groups in total. The number of hydrogen-bond acceptors (Lipinski definition) is 2. The first-order chi connectivity index (χ1) is 6.33. The molecule has 0 aliphatic carbocycles. The number of likely N-dealkylation sites (N-methyl/N-ethyl adjacent to an activating group) is 1. The second-order valence-electron chi connectivity index (χ2n) is 4.03. The lowest BCUT2D eigenvalue weighted by molar-refractivity contribution is 0.286. The minimum Gasteiger partial charge on any atom is -0.317 e. The van der Waals surface area contributed by atoms with Crippen molar-refractivity contribution in [1.29, 1.82) is 0 Å². The van der Waals surface area contributed by atoms with E-state index in [1.165, 1.54) is 38.9 Å². The summed E-state index contributed by atoms with van der Waals surface area (Å²) in [6, 6.07) is 0. The van der Waals surface area contributed by atoms with Gasteiger partial charge in [0.25, 0.3) is 0 Å². The van der Waals surface area contributed by atoms with Crippen LogP contribution < -0.4 is 5.32 Å². The van der Waals surface area contributed by atoms with Crippen LogP contribution in [0.3, 0.4) is 0 Å². The first-order valence-corrected chi connectivity index (χ1v) is 5.33. The van der Waals surface area contributed by atoms with Crippen LogP contribution in [0.2, 0.25) is 0 Å². The molecular weight excluding hydrogens is 160 g/mol. The van der Waals surface area contributed by atoms with Crippen molar-refractivity contribution < 1.29 is 0 Å². The van der Waals surface area contributed by atoms with Crippen LogP contribution in [0.4, 0.5) is 0 Å². The van der Waals surface area contributed by atoms with Gasteiger partial charge in [-0.3, -0.25) is 0 Å². The van der Waals surface area contributed by atoms with Crippen LogP contribution in [0.1, 0.15) is 19.3 Å². The number of piperidine rings is 1. The summed E-state index contributed by atoms with van der Waals surface area (Å²) in [5, 5.41) is 3.40. The average Bonchev–Trinajstić information content (AvgIpc) is 2.17. The molecule has 0 atom stereocenters. The molecule has 0 aromatic heterocycles. The smallest absolute Gasteiger partial charge is 0.0157 e. The first-order valence-electron chi connectivity index (χ1n) is 5.33. The molecule has 0 aromatic carbocycles. The third-order valence-electron chi connectivity index (χ3n) is 2.82. The Morgan fingerprint density at radius 2 is 2.15 bits per heavy atom. The maximum absolute atomic E-state index is 3.74. The van der Waals surface area contributed by atoms with Gasteiger partial charge in [0.15, 0.2) is 0 Å². The molecule has 1 aliphatic rings. The van der Waals surface area contributed by atoms with Gasteiger partial charge >= 0.3 is 0 Å². The van der Waals surface area contributed by atoms with Gasteiger partial charge in [-0.25, -0.2) is 0 Å². The van der Waals surface area contributed by atoms with Crippen molar-refractivity contribution in [3.8, 4) is 0 Å². The third kappa shape index (κ3) is 4.44. The Morgan fingerprint density at radius 3 is 2.77 bits per heavy atom. The van der Waals surface area contributed by atoms with E-state index in [-0.39, 0.29) is 0 Å². The number of nitrogens with one attached hydrogen (secondary N) is 1. The molecule has 1 rings (SSSR count). The van der Waals surface area contributed by atoms with Crippen LogP contribution in [-0.2, 0) is 0 Å². The molecule has 76 valence electrons. The number of nitrogens with zero attached hydrogens (tertiary/aromatic N) is 1. The van der Waals surface area contributed by atoms with Gasteiger partial charge < -0.3 is 10.2 Å². The van der Waals surface area contributed by atoms with Crippen molar-refractivity contribution in [2.24, 2.45) is 5.92 Å². The number of rotatable bonds is 5. The molecule has 2 nitrogen and oxygen atoms in total. The second-order valence-corrected chi connectivity index (χ2v) is 4.03. The van der Waals surface area contributed by atoms with Crippen molar-refractivity contribution in [3.63, 3.8) is 0 Å². The van der Waals surface area contributed by atoms with Gasteiger partial charge in [0.05, 0.1) is 0 Å². The van der Waals surface area contributed by atoms with Crippen LogP contribution in [0.15, 0.2) is 12.7 Å². The molecule has 1 saturated heterocycles. The molecule has 13 heavy (non-hydrogen) atoms. The summed E-state index contributed by atoms with van der Waals surface area (Å²) in [7, 11) is 2.17. The van der Waals surface area contributed by atoms with E-state index < -0.39 is 0 Å². The van der Waals surface area contributed by atoms with Crippen LogP contribution in [0.5, 0.6) is 0 Å². The molecule has 0 spiro atoms. The SMILES string of the molecule is C=CCN(C)CCC1CCNCC1. The Hall–Kier alpha value is -0.340. The minimum atomic E-state index is 0.952. The van der Waals surface area contributed by atoms with Crippen molar-refractivity contribution >= 4 is 0 Å². The van der Waals surface area contributed by atoms with Crippen LogP contribution >= 0.6 is 0 Å². The zero-order chi connectivity index (χ0) is 9.52. The Bertz CT molecular complexity index is 139. The fraction of sp³-hybridized carbons (Fsp3) is 0.818. The predicted molar refractivity (Wildman–Crippen MR) is 57.9 cm³/mol. The van der Waals surface area contributed by atoms with E-state index in [9.17, 15) is 0 Å².